The lowest BCUT2D eigenvalue weighted by atomic mass is 9.97. The molecule has 8 aromatic rings. The van der Waals surface area contributed by atoms with Gasteiger partial charge in [0.15, 0.2) is 5.82 Å². The molecule has 2 aromatic heterocycles. The van der Waals surface area contributed by atoms with Crippen molar-refractivity contribution >= 4 is 55.8 Å². The van der Waals surface area contributed by atoms with Gasteiger partial charge in [0, 0.05) is 63.1 Å². The van der Waals surface area contributed by atoms with Gasteiger partial charge in [-0.2, -0.15) is 0 Å². The predicted octanol–water partition coefficient (Wildman–Crippen LogP) is 17.0. The molecule has 1 N–H and O–H groups in total. The van der Waals surface area contributed by atoms with E-state index < -0.39 is 0 Å². The van der Waals surface area contributed by atoms with Gasteiger partial charge in [-0.1, -0.05) is 144 Å². The van der Waals surface area contributed by atoms with Crippen LogP contribution in [0.3, 0.4) is 0 Å². The van der Waals surface area contributed by atoms with Gasteiger partial charge >= 0.3 is 0 Å². The second kappa shape index (κ2) is 23.0. The van der Waals surface area contributed by atoms with Crippen LogP contribution in [0.1, 0.15) is 59.9 Å². The van der Waals surface area contributed by atoms with Crippen LogP contribution in [0, 0.1) is 5.92 Å². The molecule has 0 radical (unpaired) electrons. The van der Waals surface area contributed by atoms with Gasteiger partial charge in [0.2, 0.25) is 0 Å². The summed E-state index contributed by atoms with van der Waals surface area (Å²) in [6.07, 6.45) is 21.0. The fourth-order valence-electron chi connectivity index (χ4n) is 8.89. The molecule has 1 aliphatic rings. The Hall–Kier alpha value is -7.96. The summed E-state index contributed by atoms with van der Waals surface area (Å²) in [6.45, 7) is 22.9. The van der Waals surface area contributed by atoms with E-state index in [1.54, 1.807) is 12.4 Å². The van der Waals surface area contributed by atoms with Crippen LogP contribution in [0.5, 0.6) is 0 Å². The van der Waals surface area contributed by atoms with Gasteiger partial charge in [-0.15, -0.1) is 6.58 Å². The lowest BCUT2D eigenvalue weighted by Gasteiger charge is -2.32. The highest BCUT2D eigenvalue weighted by Crippen LogP contribution is 2.44. The number of rotatable bonds is 14. The van der Waals surface area contributed by atoms with Crippen LogP contribution < -0.4 is 15.1 Å². The predicted molar refractivity (Wildman–Crippen MR) is 294 cm³/mol. The van der Waals surface area contributed by atoms with Crippen molar-refractivity contribution in [1.29, 1.82) is 0 Å². The molecule has 0 amide bonds. The minimum Gasteiger partial charge on any atom is -0.362 e. The first-order valence-electron chi connectivity index (χ1n) is 23.9. The fraction of sp³-hybridized carbons (Fsp3) is 0.161. The van der Waals surface area contributed by atoms with Crippen LogP contribution in [0.15, 0.2) is 225 Å². The molecule has 3 heterocycles. The quantitative estimate of drug-likeness (QED) is 0.0871. The number of anilines is 5. The summed E-state index contributed by atoms with van der Waals surface area (Å²) < 4.78 is 2.36. The van der Waals surface area contributed by atoms with E-state index in [4.69, 9.17) is 0 Å². The van der Waals surface area contributed by atoms with Crippen molar-refractivity contribution in [2.24, 2.45) is 5.92 Å². The van der Waals surface area contributed by atoms with Gasteiger partial charge in [0.25, 0.3) is 0 Å². The van der Waals surface area contributed by atoms with Crippen molar-refractivity contribution in [2.45, 2.75) is 61.1 Å². The number of aromatic nitrogens is 3. The SMILES string of the molecule is C=CC(/C=C\C(=C/C)c1ncccn1)C1Nc2ccccc2N1c1ccc(N(C(=C)C)c2ccc(-c3ccc4c(c3)c3ccccc3n4-c3ccccc3)cc2C/C=C\C=C/C)cc1.CC.CC. The third-order valence-corrected chi connectivity index (χ3v) is 11.9. The lowest BCUT2D eigenvalue weighted by Crippen LogP contribution is -2.37. The summed E-state index contributed by atoms with van der Waals surface area (Å²) in [6, 6.07) is 52.2. The maximum Gasteiger partial charge on any atom is 0.158 e. The first-order valence-corrected chi connectivity index (χ1v) is 23.9. The van der Waals surface area contributed by atoms with E-state index in [0.29, 0.717) is 5.82 Å². The Kier molecular flexibility index (Phi) is 16.2. The van der Waals surface area contributed by atoms with Crippen LogP contribution in [0.2, 0.25) is 0 Å². The Morgan fingerprint density at radius 1 is 0.721 bits per heavy atom. The number of nitrogens with one attached hydrogen (secondary N) is 1. The molecule has 0 saturated heterocycles. The molecule has 68 heavy (non-hydrogen) atoms. The Labute approximate surface area is 404 Å². The minimum atomic E-state index is -0.110. The number of fused-ring (bicyclic) bond motifs is 4. The first kappa shape index (κ1) is 48.0. The number of allylic oxidation sites excluding steroid dienone is 8. The van der Waals surface area contributed by atoms with Crippen molar-refractivity contribution in [2.75, 3.05) is 15.1 Å². The van der Waals surface area contributed by atoms with Gasteiger partial charge in [-0.05, 0) is 129 Å². The van der Waals surface area contributed by atoms with Crippen molar-refractivity contribution in [1.82, 2.24) is 14.5 Å². The standard InChI is InChI=1S/C58H52N6.2C2H6/c1-6-9-10-12-20-46-39-44(45-30-36-55-51(40-45)50-23-15-17-25-54(50)63(55)47-21-13-11-14-22-47)29-35-53(46)62(41(4)5)48-31-33-49(34-32-48)64-56-26-18-16-24-52(56)61-58(64)43(8-3)28-27-42(7-2)57-59-37-19-38-60-57;2*1-2/h6-19,21-40,43,58,61H,3-4,20H2,1-2,5H3;2*1-2H3/b9-6-,12-10-,28-27-,42-7+;;. The zero-order valence-corrected chi connectivity index (χ0v) is 40.6. The van der Waals surface area contributed by atoms with Crippen LogP contribution in [0.4, 0.5) is 28.4 Å². The molecule has 0 fully saturated rings. The van der Waals surface area contributed by atoms with Crippen molar-refractivity contribution in [3.8, 4) is 16.8 Å². The van der Waals surface area contributed by atoms with Crippen LogP contribution in [0.25, 0.3) is 44.2 Å². The number of para-hydroxylation sites is 4. The van der Waals surface area contributed by atoms with Gasteiger partial charge < -0.3 is 19.7 Å². The van der Waals surface area contributed by atoms with Gasteiger partial charge in [-0.25, -0.2) is 9.97 Å². The van der Waals surface area contributed by atoms with E-state index in [2.05, 4.69) is 226 Å². The van der Waals surface area contributed by atoms with Gasteiger partial charge in [0.1, 0.15) is 6.17 Å². The van der Waals surface area contributed by atoms with E-state index in [1.165, 1.54) is 38.5 Å². The maximum atomic E-state index is 4.51. The highest BCUT2D eigenvalue weighted by molar-refractivity contribution is 6.10. The van der Waals surface area contributed by atoms with Crippen molar-refractivity contribution < 1.29 is 0 Å². The average Bonchev–Trinajstić information content (AvgIpc) is 3.95. The highest BCUT2D eigenvalue weighted by atomic mass is 15.3. The fourth-order valence-corrected chi connectivity index (χ4v) is 8.89. The molecule has 6 nitrogen and oxygen atoms in total. The van der Waals surface area contributed by atoms with E-state index in [0.717, 1.165) is 51.8 Å². The maximum absolute atomic E-state index is 4.51. The third kappa shape index (κ3) is 10.1. The van der Waals surface area contributed by atoms with E-state index in [1.807, 2.05) is 59.8 Å². The summed E-state index contributed by atoms with van der Waals surface area (Å²) in [5.74, 6) is 0.649. The Morgan fingerprint density at radius 2 is 1.40 bits per heavy atom. The second-order valence-corrected chi connectivity index (χ2v) is 16.0. The van der Waals surface area contributed by atoms with E-state index in [-0.39, 0.29) is 12.1 Å². The zero-order valence-electron chi connectivity index (χ0n) is 40.6. The lowest BCUT2D eigenvalue weighted by molar-refractivity contribution is 0.651. The molecule has 0 aliphatic carbocycles. The van der Waals surface area contributed by atoms with Crippen molar-refractivity contribution in [3.63, 3.8) is 0 Å². The Morgan fingerprint density at radius 3 is 2.12 bits per heavy atom. The minimum absolute atomic E-state index is 0.0439. The second-order valence-electron chi connectivity index (χ2n) is 16.0. The highest BCUT2D eigenvalue weighted by Gasteiger charge is 2.33. The molecule has 1 aliphatic heterocycles. The van der Waals surface area contributed by atoms with Gasteiger partial charge in [-0.3, -0.25) is 0 Å². The summed E-state index contributed by atoms with van der Waals surface area (Å²) in [4.78, 5) is 13.6. The molecule has 2 unspecified atom stereocenters. The molecule has 6 aromatic carbocycles. The van der Waals surface area contributed by atoms with Crippen LogP contribution in [-0.2, 0) is 6.42 Å². The summed E-state index contributed by atoms with van der Waals surface area (Å²) >= 11 is 0. The average molecular weight is 893 g/mol. The summed E-state index contributed by atoms with van der Waals surface area (Å²) in [5, 5.41) is 6.27. The van der Waals surface area contributed by atoms with Gasteiger partial charge in [0.05, 0.1) is 22.4 Å². The molecule has 6 heteroatoms. The first-order chi connectivity index (χ1) is 33.5. The molecule has 2 atom stereocenters. The third-order valence-electron chi connectivity index (χ3n) is 11.9. The van der Waals surface area contributed by atoms with E-state index >= 15 is 0 Å². The summed E-state index contributed by atoms with van der Waals surface area (Å²) in [5.41, 5.74) is 14.4. The Bertz CT molecular complexity index is 3080. The summed E-state index contributed by atoms with van der Waals surface area (Å²) in [7, 11) is 0. The number of hydrogen-bond donors (Lipinski definition) is 1. The molecule has 0 spiro atoms. The molecule has 0 saturated carbocycles. The molecule has 342 valence electrons. The molecule has 0 bridgehead atoms. The molecular weight excluding hydrogens is 829 g/mol. The molecular formula is C62H64N6. The zero-order chi connectivity index (χ0) is 48.0. The number of nitrogens with zero attached hydrogens (tertiary/aromatic N) is 5. The van der Waals surface area contributed by atoms with Crippen LogP contribution >= 0.6 is 0 Å². The largest absolute Gasteiger partial charge is 0.362 e. The smallest absolute Gasteiger partial charge is 0.158 e. The monoisotopic (exact) mass is 893 g/mol. The molecule has 9 rings (SSSR count). The number of hydrogen-bond acceptors (Lipinski definition) is 5. The van der Waals surface area contributed by atoms with Crippen molar-refractivity contribution in [3.05, 3.63) is 237 Å². The van der Waals surface area contributed by atoms with E-state index in [9.17, 15) is 0 Å². The normalized spacial score (nSPS) is 13.8. The van der Waals surface area contributed by atoms with Crippen LogP contribution in [-0.4, -0.2) is 20.7 Å². The topological polar surface area (TPSA) is 49.2 Å². The Balaban J connectivity index is 0.00000167. The number of benzene rings is 6.